The van der Waals surface area contributed by atoms with Gasteiger partial charge in [0.1, 0.15) is 17.3 Å². The predicted molar refractivity (Wildman–Crippen MR) is 83.8 cm³/mol. The fourth-order valence-corrected chi connectivity index (χ4v) is 2.62. The zero-order chi connectivity index (χ0) is 14.4. The Morgan fingerprint density at radius 2 is 2.10 bits per heavy atom. The molecule has 5 heteroatoms. The largest absolute Gasteiger partial charge is 0.453 e. The maximum absolute atomic E-state index is 6.17. The minimum Gasteiger partial charge on any atom is -0.453 e. The van der Waals surface area contributed by atoms with Crippen LogP contribution in [0.15, 0.2) is 34.7 Å². The lowest BCUT2D eigenvalue weighted by atomic mass is 10.2. The van der Waals surface area contributed by atoms with Crippen LogP contribution in [-0.2, 0) is 0 Å². The third kappa shape index (κ3) is 2.25. The van der Waals surface area contributed by atoms with Gasteiger partial charge in [-0.25, -0.2) is 9.97 Å². The van der Waals surface area contributed by atoms with Crippen molar-refractivity contribution in [1.82, 2.24) is 9.97 Å². The maximum atomic E-state index is 6.17. The van der Waals surface area contributed by atoms with Crippen LogP contribution >= 0.6 is 11.6 Å². The van der Waals surface area contributed by atoms with Gasteiger partial charge in [-0.3, -0.25) is 0 Å². The normalized spacial score (nSPS) is 14.6. The first-order valence-corrected chi connectivity index (χ1v) is 7.37. The lowest BCUT2D eigenvalue weighted by molar-refractivity contribution is 0.627. The fourth-order valence-electron chi connectivity index (χ4n) is 2.40. The molecule has 2 heterocycles. The molecule has 1 saturated carbocycles. The summed E-state index contributed by atoms with van der Waals surface area (Å²) in [5.41, 5.74) is 1.50. The lowest BCUT2D eigenvalue weighted by Crippen LogP contribution is -2.00. The van der Waals surface area contributed by atoms with Gasteiger partial charge in [-0.1, -0.05) is 23.7 Å². The summed E-state index contributed by atoms with van der Waals surface area (Å²) < 4.78 is 5.89. The summed E-state index contributed by atoms with van der Waals surface area (Å²) in [5.74, 6) is 2.92. The Morgan fingerprint density at radius 1 is 1.24 bits per heavy atom. The van der Waals surface area contributed by atoms with E-state index in [1.165, 1.54) is 12.8 Å². The van der Waals surface area contributed by atoms with Gasteiger partial charge < -0.3 is 9.73 Å². The van der Waals surface area contributed by atoms with E-state index in [1.807, 2.05) is 37.4 Å². The molecule has 0 atom stereocenters. The number of halogens is 1. The molecule has 21 heavy (non-hydrogen) atoms. The topological polar surface area (TPSA) is 51.0 Å². The molecule has 1 aromatic carbocycles. The van der Waals surface area contributed by atoms with Crippen LogP contribution in [0, 0.1) is 0 Å². The van der Waals surface area contributed by atoms with Gasteiger partial charge in [0, 0.05) is 24.4 Å². The van der Waals surface area contributed by atoms with E-state index in [-0.39, 0.29) is 0 Å². The molecule has 0 spiro atoms. The number of hydrogen-bond acceptors (Lipinski definition) is 4. The van der Waals surface area contributed by atoms with E-state index in [4.69, 9.17) is 16.0 Å². The van der Waals surface area contributed by atoms with E-state index in [0.29, 0.717) is 16.5 Å². The Morgan fingerprint density at radius 3 is 2.81 bits per heavy atom. The molecular formula is C16H14ClN3O. The average Bonchev–Trinajstić information content (AvgIpc) is 3.26. The van der Waals surface area contributed by atoms with Crippen molar-refractivity contribution in [2.24, 2.45) is 0 Å². The molecule has 1 aliphatic rings. The highest BCUT2D eigenvalue weighted by Crippen LogP contribution is 2.39. The molecule has 1 N–H and O–H groups in total. The molecule has 3 aromatic rings. The first-order chi connectivity index (χ1) is 10.2. The number of hydrogen-bond donors (Lipinski definition) is 1. The SMILES string of the molecule is CNc1cc(-c2cc3cccc(Cl)c3o2)nc(C2CC2)n1. The monoisotopic (exact) mass is 299 g/mol. The smallest absolute Gasteiger partial charge is 0.154 e. The number of nitrogens with zero attached hydrogens (tertiary/aromatic N) is 2. The fraction of sp³-hybridized carbons (Fsp3) is 0.250. The Hall–Kier alpha value is -2.07. The van der Waals surface area contributed by atoms with Gasteiger partial charge in [-0.05, 0) is 25.0 Å². The summed E-state index contributed by atoms with van der Waals surface area (Å²) in [6.45, 7) is 0. The molecule has 4 rings (SSSR count). The van der Waals surface area contributed by atoms with Gasteiger partial charge in [0.2, 0.25) is 0 Å². The van der Waals surface area contributed by atoms with E-state index >= 15 is 0 Å². The third-order valence-corrected chi connectivity index (χ3v) is 3.99. The molecule has 0 unspecified atom stereocenters. The minimum absolute atomic E-state index is 0.491. The van der Waals surface area contributed by atoms with Crippen molar-refractivity contribution in [3.8, 4) is 11.5 Å². The maximum Gasteiger partial charge on any atom is 0.154 e. The van der Waals surface area contributed by atoms with Gasteiger partial charge in [0.15, 0.2) is 11.3 Å². The van der Waals surface area contributed by atoms with Crippen LogP contribution in [0.2, 0.25) is 5.02 Å². The van der Waals surface area contributed by atoms with Crippen molar-refractivity contribution in [3.63, 3.8) is 0 Å². The van der Waals surface area contributed by atoms with E-state index in [2.05, 4.69) is 15.3 Å². The van der Waals surface area contributed by atoms with Gasteiger partial charge in [0.05, 0.1) is 5.02 Å². The number of nitrogens with one attached hydrogen (secondary N) is 1. The average molecular weight is 300 g/mol. The zero-order valence-corrected chi connectivity index (χ0v) is 12.3. The van der Waals surface area contributed by atoms with Crippen LogP contribution in [0.4, 0.5) is 5.82 Å². The van der Waals surface area contributed by atoms with Gasteiger partial charge in [-0.2, -0.15) is 0 Å². The summed E-state index contributed by atoms with van der Waals surface area (Å²) in [7, 11) is 1.86. The van der Waals surface area contributed by atoms with Crippen molar-refractivity contribution in [3.05, 3.63) is 41.2 Å². The summed E-state index contributed by atoms with van der Waals surface area (Å²) in [6, 6.07) is 9.59. The highest BCUT2D eigenvalue weighted by atomic mass is 35.5. The van der Waals surface area contributed by atoms with Crippen LogP contribution in [0.5, 0.6) is 0 Å². The second kappa shape index (κ2) is 4.74. The lowest BCUT2D eigenvalue weighted by Gasteiger charge is -2.05. The number of aromatic nitrogens is 2. The first kappa shape index (κ1) is 12.7. The number of para-hydroxylation sites is 1. The quantitative estimate of drug-likeness (QED) is 0.775. The number of anilines is 1. The molecule has 0 radical (unpaired) electrons. The predicted octanol–water partition coefficient (Wildman–Crippen LogP) is 4.46. The number of fused-ring (bicyclic) bond motifs is 1. The summed E-state index contributed by atoms with van der Waals surface area (Å²) in [5, 5.41) is 4.68. The summed E-state index contributed by atoms with van der Waals surface area (Å²) in [4.78, 5) is 9.17. The van der Waals surface area contributed by atoms with Crippen molar-refractivity contribution in [1.29, 1.82) is 0 Å². The standard InChI is InChI=1S/C16H14ClN3O/c1-18-14-8-12(19-16(20-14)9-5-6-9)13-7-10-3-2-4-11(17)15(10)21-13/h2-4,7-9H,5-6H2,1H3,(H,18,19,20). The second-order valence-corrected chi connectivity index (χ2v) is 5.70. The van der Waals surface area contributed by atoms with Crippen LogP contribution in [0.3, 0.4) is 0 Å². The van der Waals surface area contributed by atoms with Crippen molar-refractivity contribution >= 4 is 28.4 Å². The Kier molecular flexibility index (Phi) is 2.86. The molecular weight excluding hydrogens is 286 g/mol. The van der Waals surface area contributed by atoms with Crippen LogP contribution < -0.4 is 5.32 Å². The molecule has 1 fully saturated rings. The molecule has 0 bridgehead atoms. The van der Waals surface area contributed by atoms with Crippen LogP contribution in [-0.4, -0.2) is 17.0 Å². The van der Waals surface area contributed by atoms with Crippen molar-refractivity contribution in [2.75, 3.05) is 12.4 Å². The van der Waals surface area contributed by atoms with Gasteiger partial charge in [0.25, 0.3) is 0 Å². The van der Waals surface area contributed by atoms with E-state index in [0.717, 1.165) is 28.5 Å². The summed E-state index contributed by atoms with van der Waals surface area (Å²) >= 11 is 6.17. The molecule has 1 aliphatic carbocycles. The van der Waals surface area contributed by atoms with E-state index in [9.17, 15) is 0 Å². The molecule has 0 amide bonds. The van der Waals surface area contributed by atoms with E-state index < -0.39 is 0 Å². The number of rotatable bonds is 3. The second-order valence-electron chi connectivity index (χ2n) is 5.29. The van der Waals surface area contributed by atoms with Crippen molar-refractivity contribution < 1.29 is 4.42 Å². The zero-order valence-electron chi connectivity index (χ0n) is 11.6. The highest BCUT2D eigenvalue weighted by Gasteiger charge is 2.27. The van der Waals surface area contributed by atoms with Crippen LogP contribution in [0.1, 0.15) is 24.6 Å². The Balaban J connectivity index is 1.87. The van der Waals surface area contributed by atoms with Crippen molar-refractivity contribution in [2.45, 2.75) is 18.8 Å². The van der Waals surface area contributed by atoms with E-state index in [1.54, 1.807) is 0 Å². The highest BCUT2D eigenvalue weighted by molar-refractivity contribution is 6.34. The van der Waals surface area contributed by atoms with Gasteiger partial charge in [-0.15, -0.1) is 0 Å². The first-order valence-electron chi connectivity index (χ1n) is 7.00. The third-order valence-electron chi connectivity index (χ3n) is 3.69. The Bertz CT molecular complexity index is 824. The number of furan rings is 1. The Labute approximate surface area is 127 Å². The molecule has 0 saturated heterocycles. The molecule has 4 nitrogen and oxygen atoms in total. The molecule has 2 aromatic heterocycles. The molecule has 0 aliphatic heterocycles. The minimum atomic E-state index is 0.491. The molecule has 106 valence electrons. The summed E-state index contributed by atoms with van der Waals surface area (Å²) in [6.07, 6.45) is 2.33. The van der Waals surface area contributed by atoms with Gasteiger partial charge >= 0.3 is 0 Å². The number of benzene rings is 1. The van der Waals surface area contributed by atoms with Crippen LogP contribution in [0.25, 0.3) is 22.4 Å².